The lowest BCUT2D eigenvalue weighted by Gasteiger charge is -2.37. The maximum absolute atomic E-state index is 9.39. The van der Waals surface area contributed by atoms with Gasteiger partial charge >= 0.3 is 0 Å². The van der Waals surface area contributed by atoms with Crippen molar-refractivity contribution in [1.29, 1.82) is 5.26 Å². The molecular weight excluding hydrogens is 208 g/mol. The monoisotopic (exact) mass is 234 g/mol. The summed E-state index contributed by atoms with van der Waals surface area (Å²) >= 11 is 0. The van der Waals surface area contributed by atoms with Crippen LogP contribution in [0, 0.1) is 23.2 Å². The summed E-state index contributed by atoms with van der Waals surface area (Å²) in [5, 5.41) is 9.39. The van der Waals surface area contributed by atoms with Crippen molar-refractivity contribution in [1.82, 2.24) is 4.90 Å². The van der Waals surface area contributed by atoms with Crippen molar-refractivity contribution in [3.8, 4) is 6.07 Å². The maximum atomic E-state index is 9.39. The summed E-state index contributed by atoms with van der Waals surface area (Å²) in [6.45, 7) is 5.82. The minimum Gasteiger partial charge on any atom is -0.296 e. The fourth-order valence-corrected chi connectivity index (χ4v) is 3.16. The number of rotatable bonds is 4. The van der Waals surface area contributed by atoms with E-state index in [1.807, 2.05) is 0 Å². The third-order valence-electron chi connectivity index (χ3n) is 4.40. The summed E-state index contributed by atoms with van der Waals surface area (Å²) in [5.41, 5.74) is 0. The molecule has 2 nitrogen and oxygen atoms in total. The Kier molecular flexibility index (Phi) is 4.45. The second-order valence-corrected chi connectivity index (χ2v) is 6.17. The molecule has 2 saturated carbocycles. The quantitative estimate of drug-likeness (QED) is 0.695. The van der Waals surface area contributed by atoms with E-state index in [9.17, 15) is 5.26 Å². The first kappa shape index (κ1) is 12.9. The Morgan fingerprint density at radius 1 is 1.12 bits per heavy atom. The van der Waals surface area contributed by atoms with Crippen LogP contribution in [0.5, 0.6) is 0 Å². The molecule has 0 aromatic heterocycles. The van der Waals surface area contributed by atoms with Gasteiger partial charge in [0.25, 0.3) is 0 Å². The lowest BCUT2D eigenvalue weighted by molar-refractivity contribution is 0.111. The zero-order valence-electron chi connectivity index (χ0n) is 11.4. The first-order valence-corrected chi connectivity index (χ1v) is 7.37. The average molecular weight is 234 g/mol. The molecule has 2 heteroatoms. The topological polar surface area (TPSA) is 27.0 Å². The molecule has 2 unspecified atom stereocenters. The number of hydrogen-bond acceptors (Lipinski definition) is 2. The van der Waals surface area contributed by atoms with E-state index < -0.39 is 0 Å². The fourth-order valence-electron chi connectivity index (χ4n) is 3.16. The molecule has 96 valence electrons. The molecule has 17 heavy (non-hydrogen) atoms. The molecule has 0 heterocycles. The molecule has 0 aromatic carbocycles. The molecule has 2 aliphatic rings. The van der Waals surface area contributed by atoms with Gasteiger partial charge in [0.2, 0.25) is 0 Å². The van der Waals surface area contributed by atoms with Gasteiger partial charge in [0.1, 0.15) is 0 Å². The van der Waals surface area contributed by atoms with Gasteiger partial charge in [-0.2, -0.15) is 5.26 Å². The first-order valence-electron chi connectivity index (χ1n) is 7.37. The van der Waals surface area contributed by atoms with Crippen molar-refractivity contribution in [2.24, 2.45) is 11.8 Å². The van der Waals surface area contributed by atoms with Crippen molar-refractivity contribution < 1.29 is 0 Å². The Bertz CT molecular complexity index is 275. The van der Waals surface area contributed by atoms with Crippen LogP contribution in [0.1, 0.15) is 58.8 Å². The fraction of sp³-hybridized carbons (Fsp3) is 0.933. The third-order valence-corrected chi connectivity index (χ3v) is 4.40. The van der Waals surface area contributed by atoms with Crippen LogP contribution in [0.3, 0.4) is 0 Å². The van der Waals surface area contributed by atoms with Gasteiger partial charge in [-0.3, -0.25) is 4.90 Å². The molecule has 0 radical (unpaired) electrons. The van der Waals surface area contributed by atoms with Gasteiger partial charge in [0.05, 0.1) is 12.0 Å². The number of hydrogen-bond donors (Lipinski definition) is 0. The van der Waals surface area contributed by atoms with Crippen molar-refractivity contribution in [2.45, 2.75) is 70.9 Å². The van der Waals surface area contributed by atoms with Crippen molar-refractivity contribution >= 4 is 0 Å². The molecule has 0 bridgehead atoms. The summed E-state index contributed by atoms with van der Waals surface area (Å²) in [4.78, 5) is 2.64. The zero-order chi connectivity index (χ0) is 12.3. The van der Waals surface area contributed by atoms with E-state index in [2.05, 4.69) is 24.8 Å². The second-order valence-electron chi connectivity index (χ2n) is 6.17. The van der Waals surface area contributed by atoms with Gasteiger partial charge in [0.15, 0.2) is 0 Å². The molecular formula is C15H26N2. The van der Waals surface area contributed by atoms with Gasteiger partial charge in [-0.15, -0.1) is 0 Å². The molecule has 2 atom stereocenters. The van der Waals surface area contributed by atoms with Crippen molar-refractivity contribution in [2.75, 3.05) is 6.54 Å². The minimum atomic E-state index is 0.277. The number of nitrogens with zero attached hydrogens (tertiary/aromatic N) is 2. The van der Waals surface area contributed by atoms with Crippen LogP contribution in [0.25, 0.3) is 0 Å². The van der Waals surface area contributed by atoms with E-state index in [0.717, 1.165) is 12.3 Å². The molecule has 0 spiro atoms. The highest BCUT2D eigenvalue weighted by Gasteiger charge is 2.34. The Morgan fingerprint density at radius 3 is 2.41 bits per heavy atom. The standard InChI is InChI=1S/C15H26N2/c1-12(2)17(11-13-8-9-13)15-7-5-3-4-6-14(15)10-16/h12-15H,3-9,11H2,1-2H3. The Balaban J connectivity index is 2.04. The SMILES string of the molecule is CC(C)N(CC1CC1)C1CCCCCC1C#N. The Hall–Kier alpha value is -0.550. The van der Waals surface area contributed by atoms with E-state index >= 15 is 0 Å². The molecule has 0 saturated heterocycles. The predicted molar refractivity (Wildman–Crippen MR) is 70.5 cm³/mol. The third kappa shape index (κ3) is 3.45. The van der Waals surface area contributed by atoms with Gasteiger partial charge in [-0.1, -0.05) is 19.3 Å². The highest BCUT2D eigenvalue weighted by molar-refractivity contribution is 4.96. The average Bonchev–Trinajstić information content (AvgIpc) is 3.12. The van der Waals surface area contributed by atoms with Crippen molar-refractivity contribution in [3.63, 3.8) is 0 Å². The van der Waals surface area contributed by atoms with Crippen LogP contribution in [-0.4, -0.2) is 23.5 Å². The van der Waals surface area contributed by atoms with Crippen LogP contribution in [-0.2, 0) is 0 Å². The highest BCUT2D eigenvalue weighted by Crippen LogP contribution is 2.34. The molecule has 0 aromatic rings. The highest BCUT2D eigenvalue weighted by atomic mass is 15.2. The summed E-state index contributed by atoms with van der Waals surface area (Å²) in [6, 6.07) is 3.70. The van der Waals surface area contributed by atoms with Gasteiger partial charge in [-0.05, 0) is 45.4 Å². The van der Waals surface area contributed by atoms with Gasteiger partial charge < -0.3 is 0 Å². The van der Waals surface area contributed by atoms with E-state index in [-0.39, 0.29) is 5.92 Å². The zero-order valence-corrected chi connectivity index (χ0v) is 11.4. The van der Waals surface area contributed by atoms with Crippen LogP contribution >= 0.6 is 0 Å². The molecule has 2 aliphatic carbocycles. The Morgan fingerprint density at radius 2 is 1.82 bits per heavy atom. The lowest BCUT2D eigenvalue weighted by atomic mass is 9.93. The summed E-state index contributed by atoms with van der Waals surface area (Å²) in [5.74, 6) is 1.21. The first-order chi connectivity index (χ1) is 8.22. The van der Waals surface area contributed by atoms with Crippen LogP contribution < -0.4 is 0 Å². The van der Waals surface area contributed by atoms with Gasteiger partial charge in [0, 0.05) is 18.6 Å². The van der Waals surface area contributed by atoms with Gasteiger partial charge in [-0.25, -0.2) is 0 Å². The molecule has 2 rings (SSSR count). The normalized spacial score (nSPS) is 30.3. The van der Waals surface area contributed by atoms with E-state index in [4.69, 9.17) is 0 Å². The lowest BCUT2D eigenvalue weighted by Crippen LogP contribution is -2.45. The smallest absolute Gasteiger partial charge is 0.0672 e. The molecule has 0 N–H and O–H groups in total. The number of nitriles is 1. The van der Waals surface area contributed by atoms with Crippen LogP contribution in [0.4, 0.5) is 0 Å². The molecule has 0 amide bonds. The second kappa shape index (κ2) is 5.87. The largest absolute Gasteiger partial charge is 0.296 e. The van der Waals surface area contributed by atoms with E-state index in [1.54, 1.807) is 0 Å². The summed E-state index contributed by atoms with van der Waals surface area (Å²) in [6.07, 6.45) is 9.07. The molecule has 0 aliphatic heterocycles. The van der Waals surface area contributed by atoms with Crippen molar-refractivity contribution in [3.05, 3.63) is 0 Å². The summed E-state index contributed by atoms with van der Waals surface area (Å²) < 4.78 is 0. The molecule has 2 fully saturated rings. The predicted octanol–water partition coefficient (Wildman–Crippen LogP) is 3.58. The Labute approximate surface area is 106 Å². The van der Waals surface area contributed by atoms with E-state index in [1.165, 1.54) is 45.1 Å². The maximum Gasteiger partial charge on any atom is 0.0672 e. The van der Waals surface area contributed by atoms with E-state index in [0.29, 0.717) is 12.1 Å². The summed E-state index contributed by atoms with van der Waals surface area (Å²) in [7, 11) is 0. The van der Waals surface area contributed by atoms with Crippen LogP contribution in [0.2, 0.25) is 0 Å². The minimum absolute atomic E-state index is 0.277. The van der Waals surface area contributed by atoms with Crippen LogP contribution in [0.15, 0.2) is 0 Å².